The van der Waals surface area contributed by atoms with Gasteiger partial charge in [-0.1, -0.05) is 59.6 Å². The van der Waals surface area contributed by atoms with Gasteiger partial charge in [0.2, 0.25) is 0 Å². The molecule has 1 aliphatic heterocycles. The van der Waals surface area contributed by atoms with E-state index < -0.39 is 32.7 Å². The summed E-state index contributed by atoms with van der Waals surface area (Å²) < 4.78 is 35.0. The molecule has 0 bridgehead atoms. The van der Waals surface area contributed by atoms with Gasteiger partial charge in [0.05, 0.1) is 10.6 Å². The summed E-state index contributed by atoms with van der Waals surface area (Å²) in [6.07, 6.45) is 0. The van der Waals surface area contributed by atoms with Crippen LogP contribution in [0.4, 0.5) is 17.1 Å². The molecule has 1 heterocycles. The lowest BCUT2D eigenvalue weighted by atomic mass is 10.1. The van der Waals surface area contributed by atoms with Gasteiger partial charge in [-0.25, -0.2) is 13.3 Å². The van der Waals surface area contributed by atoms with Crippen LogP contribution in [0.15, 0.2) is 94.5 Å². The zero-order valence-corrected chi connectivity index (χ0v) is 22.9. The van der Waals surface area contributed by atoms with Gasteiger partial charge in [0.15, 0.2) is 0 Å². The van der Waals surface area contributed by atoms with Crippen molar-refractivity contribution in [3.05, 3.63) is 106 Å². The average Bonchev–Trinajstić information content (AvgIpc) is 3.12. The second-order valence-corrected chi connectivity index (χ2v) is 11.0. The molecule has 0 unspecified atom stereocenters. The molecular weight excluding hydrogens is 577 g/mol. The molecule has 0 aromatic heterocycles. The van der Waals surface area contributed by atoms with Gasteiger partial charge in [0.25, 0.3) is 17.7 Å². The molecule has 0 saturated carbocycles. The fraction of sp³-hybridized carbons (Fsp3) is 0.0357. The third-order valence-electron chi connectivity index (χ3n) is 6.25. The fourth-order valence-electron chi connectivity index (χ4n) is 4.30. The average molecular weight is 595 g/mol. The van der Waals surface area contributed by atoms with Crippen molar-refractivity contribution in [2.24, 2.45) is 0 Å². The molecule has 5 rings (SSSR count). The number of imide groups is 1. The van der Waals surface area contributed by atoms with Crippen molar-refractivity contribution in [1.82, 2.24) is 0 Å². The zero-order valence-electron chi connectivity index (χ0n) is 20.6. The smallest absolute Gasteiger partial charge is 0.283 e. The van der Waals surface area contributed by atoms with E-state index in [4.69, 9.17) is 23.2 Å². The highest BCUT2D eigenvalue weighted by Crippen LogP contribution is 2.33. The van der Waals surface area contributed by atoms with E-state index >= 15 is 0 Å². The Balaban J connectivity index is 1.43. The zero-order chi connectivity index (χ0) is 28.8. The summed E-state index contributed by atoms with van der Waals surface area (Å²) in [7, 11) is -4.73. The standard InChI is InChI=1S/C28H19Cl2N3O6S/c1-15-11-12-16(26(34)32-21-9-3-8-20-19(21)7-4-10-23(20)40(37,38)39)13-22(15)31-25-24(30)27(35)33(28(25)36)18-6-2-5-17(29)14-18/h2-14,31H,1H3,(H,32,34)(H,37,38,39)/p-1. The first-order valence-electron chi connectivity index (χ1n) is 11.7. The lowest BCUT2D eigenvalue weighted by molar-refractivity contribution is -0.120. The molecule has 0 fully saturated rings. The maximum Gasteiger partial charge on any atom is 0.283 e. The molecule has 3 amide bonds. The van der Waals surface area contributed by atoms with Crippen LogP contribution in [0.25, 0.3) is 10.8 Å². The van der Waals surface area contributed by atoms with Crippen LogP contribution in [0.3, 0.4) is 0 Å². The number of carbonyl (C=O) groups is 3. The third-order valence-corrected chi connectivity index (χ3v) is 7.73. The molecule has 2 N–H and O–H groups in total. The molecular formula is C28H18Cl2N3O6S-. The quantitative estimate of drug-likeness (QED) is 0.225. The summed E-state index contributed by atoms with van der Waals surface area (Å²) in [6.45, 7) is 1.74. The van der Waals surface area contributed by atoms with Gasteiger partial charge in [0.1, 0.15) is 20.8 Å². The third kappa shape index (κ3) is 5.05. The Bertz CT molecular complexity index is 1890. The summed E-state index contributed by atoms with van der Waals surface area (Å²) in [5.74, 6) is -1.95. The van der Waals surface area contributed by atoms with Gasteiger partial charge in [-0.05, 0) is 55.0 Å². The first-order valence-corrected chi connectivity index (χ1v) is 13.8. The van der Waals surface area contributed by atoms with Crippen molar-refractivity contribution >= 4 is 78.9 Å². The molecule has 0 spiro atoms. The molecule has 0 atom stereocenters. The maximum atomic E-state index is 13.2. The minimum Gasteiger partial charge on any atom is -0.744 e. The molecule has 0 aliphatic carbocycles. The molecule has 4 aromatic carbocycles. The number of nitrogens with zero attached hydrogens (tertiary/aromatic N) is 1. The lowest BCUT2D eigenvalue weighted by Gasteiger charge is -2.16. The van der Waals surface area contributed by atoms with E-state index in [1.54, 1.807) is 49.4 Å². The van der Waals surface area contributed by atoms with E-state index in [0.717, 1.165) is 4.90 Å². The first-order chi connectivity index (χ1) is 19.0. The number of halogens is 2. The van der Waals surface area contributed by atoms with Crippen molar-refractivity contribution in [2.75, 3.05) is 15.5 Å². The lowest BCUT2D eigenvalue weighted by Crippen LogP contribution is -2.32. The maximum absolute atomic E-state index is 13.2. The Hall–Kier alpha value is -4.22. The summed E-state index contributed by atoms with van der Waals surface area (Å²) >= 11 is 12.3. The van der Waals surface area contributed by atoms with Crippen molar-refractivity contribution in [1.29, 1.82) is 0 Å². The van der Waals surface area contributed by atoms with Crippen molar-refractivity contribution in [3.63, 3.8) is 0 Å². The molecule has 0 radical (unpaired) electrons. The van der Waals surface area contributed by atoms with Crippen LogP contribution >= 0.6 is 23.2 Å². The Morgan fingerprint density at radius 1 is 0.850 bits per heavy atom. The van der Waals surface area contributed by atoms with Crippen LogP contribution in [0.2, 0.25) is 5.02 Å². The van der Waals surface area contributed by atoms with Crippen LogP contribution in [-0.2, 0) is 19.7 Å². The van der Waals surface area contributed by atoms with E-state index in [1.165, 1.54) is 36.4 Å². The highest BCUT2D eigenvalue weighted by Gasteiger charge is 2.39. The van der Waals surface area contributed by atoms with Crippen molar-refractivity contribution < 1.29 is 27.4 Å². The Morgan fingerprint density at radius 2 is 1.55 bits per heavy atom. The minimum absolute atomic E-state index is 0.160. The normalized spacial score (nSPS) is 13.8. The number of nitrogens with one attached hydrogen (secondary N) is 2. The molecule has 40 heavy (non-hydrogen) atoms. The van der Waals surface area contributed by atoms with Gasteiger partial charge < -0.3 is 15.2 Å². The van der Waals surface area contributed by atoms with Crippen LogP contribution < -0.4 is 15.5 Å². The van der Waals surface area contributed by atoms with E-state index in [-0.39, 0.29) is 27.4 Å². The number of amides is 3. The number of benzene rings is 4. The summed E-state index contributed by atoms with van der Waals surface area (Å²) in [5, 5.41) is 6.18. The predicted molar refractivity (Wildman–Crippen MR) is 151 cm³/mol. The Morgan fingerprint density at radius 3 is 2.27 bits per heavy atom. The van der Waals surface area contributed by atoms with Gasteiger partial charge in [-0.3, -0.25) is 14.4 Å². The number of aryl methyl sites for hydroxylation is 1. The SMILES string of the molecule is Cc1ccc(C(=O)Nc2cccc3c(S(=O)(=O)[O-])cccc23)cc1NC1=C(Cl)C(=O)N(c2cccc(Cl)c2)C1=O. The molecule has 0 saturated heterocycles. The van der Waals surface area contributed by atoms with Crippen LogP contribution in [-0.4, -0.2) is 30.7 Å². The fourth-order valence-corrected chi connectivity index (χ4v) is 5.39. The highest BCUT2D eigenvalue weighted by molar-refractivity contribution is 7.86. The Labute approximate surface area is 238 Å². The molecule has 12 heteroatoms. The summed E-state index contributed by atoms with van der Waals surface area (Å²) in [6, 6.07) is 19.7. The summed E-state index contributed by atoms with van der Waals surface area (Å²) in [5.41, 5.74) is 1.59. The van der Waals surface area contributed by atoms with Gasteiger partial charge in [0, 0.05) is 32.7 Å². The predicted octanol–water partition coefficient (Wildman–Crippen LogP) is 5.39. The number of rotatable bonds is 6. The number of carbonyl (C=O) groups excluding carboxylic acids is 3. The van der Waals surface area contributed by atoms with E-state index in [9.17, 15) is 27.4 Å². The largest absolute Gasteiger partial charge is 0.744 e. The number of fused-ring (bicyclic) bond motifs is 1. The van der Waals surface area contributed by atoms with Gasteiger partial charge >= 0.3 is 0 Å². The van der Waals surface area contributed by atoms with E-state index in [2.05, 4.69) is 10.6 Å². The van der Waals surface area contributed by atoms with Crippen LogP contribution in [0.5, 0.6) is 0 Å². The topological polar surface area (TPSA) is 136 Å². The van der Waals surface area contributed by atoms with Crippen LogP contribution in [0, 0.1) is 6.92 Å². The van der Waals surface area contributed by atoms with Crippen LogP contribution in [0.1, 0.15) is 15.9 Å². The summed E-state index contributed by atoms with van der Waals surface area (Å²) in [4.78, 5) is 39.6. The first kappa shape index (κ1) is 27.4. The Kier molecular flexibility index (Phi) is 7.11. The molecule has 1 aliphatic rings. The molecule has 9 nitrogen and oxygen atoms in total. The van der Waals surface area contributed by atoms with E-state index in [0.29, 0.717) is 27.3 Å². The van der Waals surface area contributed by atoms with Gasteiger partial charge in [-0.15, -0.1) is 0 Å². The van der Waals surface area contributed by atoms with E-state index in [1.807, 2.05) is 0 Å². The monoisotopic (exact) mass is 594 g/mol. The van der Waals surface area contributed by atoms with Crippen molar-refractivity contribution in [3.8, 4) is 0 Å². The number of anilines is 3. The number of hydrogen-bond acceptors (Lipinski definition) is 7. The second-order valence-electron chi connectivity index (χ2n) is 8.83. The molecule has 202 valence electrons. The minimum atomic E-state index is -4.73. The second kappa shape index (κ2) is 10.4. The van der Waals surface area contributed by atoms with Gasteiger partial charge in [-0.2, -0.15) is 0 Å². The molecule has 4 aromatic rings. The van der Waals surface area contributed by atoms with Crippen molar-refractivity contribution in [2.45, 2.75) is 11.8 Å². The number of hydrogen-bond donors (Lipinski definition) is 2. The highest BCUT2D eigenvalue weighted by atomic mass is 35.5.